The van der Waals surface area contributed by atoms with Crippen molar-refractivity contribution in [1.29, 1.82) is 0 Å². The Labute approximate surface area is 96.6 Å². The van der Waals surface area contributed by atoms with Gasteiger partial charge in [0.2, 0.25) is 5.95 Å². The first-order chi connectivity index (χ1) is 7.25. The quantitative estimate of drug-likeness (QED) is 0.653. The topological polar surface area (TPSA) is 29.9 Å². The molecule has 0 aliphatic carbocycles. The molecule has 15 heavy (non-hydrogen) atoms. The SMILES string of the molecule is Clc1ccc2c(c1Cl)Cn1ccnc1N2. The van der Waals surface area contributed by atoms with Crippen molar-refractivity contribution < 1.29 is 0 Å². The number of aromatic nitrogens is 2. The molecule has 1 aliphatic rings. The van der Waals surface area contributed by atoms with E-state index in [0.717, 1.165) is 17.2 Å². The Bertz CT molecular complexity index is 533. The first kappa shape index (κ1) is 9.07. The van der Waals surface area contributed by atoms with E-state index in [1.54, 1.807) is 12.3 Å². The number of halogens is 2. The largest absolute Gasteiger partial charge is 0.325 e. The zero-order valence-corrected chi connectivity index (χ0v) is 9.18. The van der Waals surface area contributed by atoms with E-state index in [0.29, 0.717) is 16.6 Å². The molecule has 3 rings (SSSR count). The highest BCUT2D eigenvalue weighted by Gasteiger charge is 2.18. The van der Waals surface area contributed by atoms with Gasteiger partial charge in [0, 0.05) is 23.6 Å². The molecule has 2 heterocycles. The average molecular weight is 240 g/mol. The summed E-state index contributed by atoms with van der Waals surface area (Å²) in [5, 5.41) is 4.39. The maximum atomic E-state index is 6.14. The van der Waals surface area contributed by atoms with Crippen LogP contribution < -0.4 is 5.32 Å². The lowest BCUT2D eigenvalue weighted by Crippen LogP contribution is -2.13. The molecule has 1 aliphatic heterocycles. The van der Waals surface area contributed by atoms with E-state index in [9.17, 15) is 0 Å². The van der Waals surface area contributed by atoms with Crippen LogP contribution in [0, 0.1) is 0 Å². The molecule has 0 bridgehead atoms. The van der Waals surface area contributed by atoms with Gasteiger partial charge in [-0.2, -0.15) is 0 Å². The van der Waals surface area contributed by atoms with Crippen LogP contribution in [0.25, 0.3) is 0 Å². The summed E-state index contributed by atoms with van der Waals surface area (Å²) in [6, 6.07) is 3.70. The third kappa shape index (κ3) is 1.31. The van der Waals surface area contributed by atoms with Gasteiger partial charge in [-0.15, -0.1) is 0 Å². The molecule has 1 aromatic carbocycles. The summed E-state index contributed by atoms with van der Waals surface area (Å²) in [6.45, 7) is 0.705. The number of benzene rings is 1. The van der Waals surface area contributed by atoms with Gasteiger partial charge in [-0.05, 0) is 12.1 Å². The number of rotatable bonds is 0. The first-order valence-corrected chi connectivity index (χ1v) is 5.26. The summed E-state index contributed by atoms with van der Waals surface area (Å²) in [7, 11) is 0. The van der Waals surface area contributed by atoms with Crippen molar-refractivity contribution in [3.63, 3.8) is 0 Å². The number of nitrogens with zero attached hydrogens (tertiary/aromatic N) is 2. The van der Waals surface area contributed by atoms with E-state index in [1.807, 2.05) is 16.8 Å². The molecule has 0 unspecified atom stereocenters. The van der Waals surface area contributed by atoms with Gasteiger partial charge in [-0.1, -0.05) is 23.2 Å². The third-order valence-electron chi connectivity index (χ3n) is 2.49. The highest BCUT2D eigenvalue weighted by atomic mass is 35.5. The van der Waals surface area contributed by atoms with Crippen molar-refractivity contribution in [3.05, 3.63) is 40.1 Å². The predicted molar refractivity (Wildman–Crippen MR) is 61.1 cm³/mol. The van der Waals surface area contributed by atoms with Crippen molar-refractivity contribution in [2.24, 2.45) is 0 Å². The van der Waals surface area contributed by atoms with Crippen LogP contribution in [0.5, 0.6) is 0 Å². The van der Waals surface area contributed by atoms with E-state index in [4.69, 9.17) is 23.2 Å². The Balaban J connectivity index is 2.17. The molecule has 0 fully saturated rings. The summed E-state index contributed by atoms with van der Waals surface area (Å²) in [6.07, 6.45) is 3.66. The van der Waals surface area contributed by atoms with E-state index in [1.165, 1.54) is 0 Å². The predicted octanol–water partition coefficient (Wildman–Crippen LogP) is 3.30. The van der Waals surface area contributed by atoms with Gasteiger partial charge in [0.15, 0.2) is 0 Å². The smallest absolute Gasteiger partial charge is 0.207 e. The van der Waals surface area contributed by atoms with Gasteiger partial charge >= 0.3 is 0 Å². The van der Waals surface area contributed by atoms with Gasteiger partial charge in [-0.3, -0.25) is 0 Å². The molecular formula is C10H7Cl2N3. The Hall–Kier alpha value is -1.19. The fourth-order valence-electron chi connectivity index (χ4n) is 1.72. The Kier molecular flexibility index (Phi) is 1.90. The van der Waals surface area contributed by atoms with Gasteiger partial charge in [-0.25, -0.2) is 4.98 Å². The number of fused-ring (bicyclic) bond motifs is 2. The van der Waals surface area contributed by atoms with Gasteiger partial charge < -0.3 is 9.88 Å². The summed E-state index contributed by atoms with van der Waals surface area (Å²) < 4.78 is 1.99. The lowest BCUT2D eigenvalue weighted by atomic mass is 10.1. The Morgan fingerprint density at radius 1 is 1.33 bits per heavy atom. The lowest BCUT2D eigenvalue weighted by Gasteiger charge is -2.21. The molecule has 76 valence electrons. The number of hydrogen-bond acceptors (Lipinski definition) is 2. The number of anilines is 2. The molecule has 0 radical (unpaired) electrons. The molecular weight excluding hydrogens is 233 g/mol. The first-order valence-electron chi connectivity index (χ1n) is 4.51. The highest BCUT2D eigenvalue weighted by Crippen LogP contribution is 2.36. The zero-order chi connectivity index (χ0) is 10.4. The summed E-state index contributed by atoms with van der Waals surface area (Å²) in [5.74, 6) is 0.834. The van der Waals surface area contributed by atoms with Crippen LogP contribution in [0.1, 0.15) is 5.56 Å². The molecule has 1 N–H and O–H groups in total. The van der Waals surface area contributed by atoms with E-state index in [-0.39, 0.29) is 0 Å². The molecule has 2 aromatic rings. The summed E-state index contributed by atoms with van der Waals surface area (Å²) in [5.41, 5.74) is 1.98. The second-order valence-corrected chi connectivity index (χ2v) is 4.18. The molecule has 1 aromatic heterocycles. The fourth-order valence-corrected chi connectivity index (χ4v) is 2.12. The molecule has 3 nitrogen and oxygen atoms in total. The molecule has 0 spiro atoms. The van der Waals surface area contributed by atoms with Crippen molar-refractivity contribution in [2.75, 3.05) is 5.32 Å². The van der Waals surface area contributed by atoms with Crippen LogP contribution in [0.15, 0.2) is 24.5 Å². The van der Waals surface area contributed by atoms with Gasteiger partial charge in [0.25, 0.3) is 0 Å². The van der Waals surface area contributed by atoms with Gasteiger partial charge in [0.05, 0.1) is 16.6 Å². The number of imidazole rings is 1. The summed E-state index contributed by atoms with van der Waals surface area (Å²) >= 11 is 12.1. The van der Waals surface area contributed by atoms with Crippen molar-refractivity contribution in [3.8, 4) is 0 Å². The van der Waals surface area contributed by atoms with E-state index < -0.39 is 0 Å². The minimum absolute atomic E-state index is 0.584. The number of nitrogens with one attached hydrogen (secondary N) is 1. The van der Waals surface area contributed by atoms with Crippen molar-refractivity contribution in [1.82, 2.24) is 9.55 Å². The molecule has 0 saturated carbocycles. The summed E-state index contributed by atoms with van der Waals surface area (Å²) in [4.78, 5) is 4.18. The normalized spacial score (nSPS) is 12.9. The van der Waals surface area contributed by atoms with Crippen LogP contribution in [-0.2, 0) is 6.54 Å². The second kappa shape index (κ2) is 3.15. The molecule has 0 saturated heterocycles. The minimum Gasteiger partial charge on any atom is -0.325 e. The van der Waals surface area contributed by atoms with Crippen LogP contribution in [0.4, 0.5) is 11.6 Å². The maximum absolute atomic E-state index is 6.14. The van der Waals surface area contributed by atoms with Crippen LogP contribution >= 0.6 is 23.2 Å². The molecule has 0 atom stereocenters. The minimum atomic E-state index is 0.584. The molecule has 0 amide bonds. The monoisotopic (exact) mass is 239 g/mol. The second-order valence-electron chi connectivity index (χ2n) is 3.39. The van der Waals surface area contributed by atoms with Crippen LogP contribution in [0.3, 0.4) is 0 Å². The fraction of sp³-hybridized carbons (Fsp3) is 0.100. The van der Waals surface area contributed by atoms with Gasteiger partial charge in [0.1, 0.15) is 0 Å². The van der Waals surface area contributed by atoms with Crippen molar-refractivity contribution >= 4 is 34.8 Å². The van der Waals surface area contributed by atoms with E-state index in [2.05, 4.69) is 10.3 Å². The van der Waals surface area contributed by atoms with Crippen LogP contribution in [-0.4, -0.2) is 9.55 Å². The Morgan fingerprint density at radius 2 is 2.20 bits per heavy atom. The maximum Gasteiger partial charge on any atom is 0.207 e. The van der Waals surface area contributed by atoms with Crippen LogP contribution in [0.2, 0.25) is 10.0 Å². The highest BCUT2D eigenvalue weighted by molar-refractivity contribution is 6.42. The molecule has 5 heteroatoms. The third-order valence-corrected chi connectivity index (χ3v) is 3.33. The zero-order valence-electron chi connectivity index (χ0n) is 7.67. The Morgan fingerprint density at radius 3 is 3.07 bits per heavy atom. The lowest BCUT2D eigenvalue weighted by molar-refractivity contribution is 0.791. The standard InChI is InChI=1S/C10H7Cl2N3/c11-7-1-2-8-6(9(7)12)5-15-4-3-13-10(15)14-8/h1-4H,5H2,(H,13,14). The number of hydrogen-bond donors (Lipinski definition) is 1. The average Bonchev–Trinajstić information content (AvgIpc) is 2.68. The van der Waals surface area contributed by atoms with E-state index >= 15 is 0 Å². The van der Waals surface area contributed by atoms with Crippen molar-refractivity contribution in [2.45, 2.75) is 6.54 Å².